The topological polar surface area (TPSA) is 95.9 Å². The highest BCUT2D eigenvalue weighted by Crippen LogP contribution is 2.43. The summed E-state index contributed by atoms with van der Waals surface area (Å²) in [7, 11) is 1.68. The molecule has 9 nitrogen and oxygen atoms in total. The van der Waals surface area contributed by atoms with Gasteiger partial charge in [0.05, 0.1) is 45.9 Å². The van der Waals surface area contributed by atoms with Crippen LogP contribution in [0, 0.1) is 12.8 Å². The summed E-state index contributed by atoms with van der Waals surface area (Å²) < 4.78 is 6.85. The normalized spacial score (nSPS) is 16.7. The molecule has 2 aromatic carbocycles. The Bertz CT molecular complexity index is 1980. The van der Waals surface area contributed by atoms with E-state index in [1.807, 2.05) is 49.4 Å². The first kappa shape index (κ1) is 35.1. The zero-order valence-corrected chi connectivity index (χ0v) is 30.9. The van der Waals surface area contributed by atoms with Crippen molar-refractivity contribution in [1.82, 2.24) is 24.8 Å². The second-order valence-electron chi connectivity index (χ2n) is 13.3. The molecule has 5 heterocycles. The van der Waals surface area contributed by atoms with Crippen LogP contribution in [0.25, 0.3) is 32.6 Å². The molecular weight excluding hydrogens is 691 g/mol. The van der Waals surface area contributed by atoms with Crippen molar-refractivity contribution in [2.24, 2.45) is 5.92 Å². The second kappa shape index (κ2) is 15.5. The molecule has 1 unspecified atom stereocenters. The van der Waals surface area contributed by atoms with Crippen LogP contribution in [-0.4, -0.2) is 69.4 Å². The SMILES string of the molecule is COc1nc(-c2cccc(-c3cccc(Nc4nccc5sc(CN6CCC(C(C)OO)CC6)nc45)c3Cl)c2Cl)cc(C)c1CN1CCCC1. The first-order chi connectivity index (χ1) is 24.3. The highest BCUT2D eigenvalue weighted by atomic mass is 35.5. The molecule has 0 aliphatic carbocycles. The summed E-state index contributed by atoms with van der Waals surface area (Å²) in [6, 6.07) is 15.9. The van der Waals surface area contributed by atoms with Crippen LogP contribution in [0.4, 0.5) is 11.5 Å². The molecule has 0 amide bonds. The largest absolute Gasteiger partial charge is 0.481 e. The number of anilines is 2. The zero-order valence-electron chi connectivity index (χ0n) is 28.6. The predicted molar refractivity (Wildman–Crippen MR) is 203 cm³/mol. The lowest BCUT2D eigenvalue weighted by atomic mass is 9.92. The molecule has 12 heteroatoms. The first-order valence-corrected chi connectivity index (χ1v) is 18.8. The highest BCUT2D eigenvalue weighted by Gasteiger charge is 2.26. The average molecular weight is 734 g/mol. The number of fused-ring (bicyclic) bond motifs is 1. The molecule has 1 atom stereocenters. The number of likely N-dealkylation sites (tertiary alicyclic amines) is 2. The molecule has 2 aliphatic rings. The van der Waals surface area contributed by atoms with Gasteiger partial charge in [-0.05, 0) is 95.4 Å². The van der Waals surface area contributed by atoms with E-state index in [0.717, 1.165) is 101 Å². The molecule has 2 aliphatic heterocycles. The van der Waals surface area contributed by atoms with Crippen molar-refractivity contribution >= 4 is 56.3 Å². The van der Waals surface area contributed by atoms with Crippen molar-refractivity contribution in [3.05, 3.63) is 80.9 Å². The third-order valence-corrected chi connectivity index (χ3v) is 11.9. The van der Waals surface area contributed by atoms with Crippen LogP contribution >= 0.6 is 34.5 Å². The summed E-state index contributed by atoms with van der Waals surface area (Å²) in [5.74, 6) is 1.65. The van der Waals surface area contributed by atoms with E-state index < -0.39 is 0 Å². The molecule has 2 N–H and O–H groups in total. The molecule has 0 bridgehead atoms. The Labute approximate surface area is 307 Å². The van der Waals surface area contributed by atoms with Gasteiger partial charge in [0, 0.05) is 35.0 Å². The molecule has 0 spiro atoms. The van der Waals surface area contributed by atoms with Crippen LogP contribution in [0.5, 0.6) is 5.88 Å². The standard InChI is InChI=1S/C38H42Cl2N6O3S/c1-23-20-31(43-38(48-3)29(23)21-45-16-4-5-17-45)28-10-6-8-26(34(28)39)27-9-7-11-30(35(27)40)42-37-36-32(12-15-41-37)50-33(44-36)22-46-18-13-25(14-19-46)24(2)49-47/h6-12,15,20,24-25,47H,4-5,13-14,16-19,21-22H2,1-3H3,(H,41,42). The third kappa shape index (κ3) is 7.34. The van der Waals surface area contributed by atoms with Gasteiger partial charge in [0.25, 0.3) is 0 Å². The number of nitrogens with one attached hydrogen (secondary N) is 1. The number of benzene rings is 2. The van der Waals surface area contributed by atoms with E-state index in [1.54, 1.807) is 24.6 Å². The van der Waals surface area contributed by atoms with Crippen molar-refractivity contribution in [3.63, 3.8) is 0 Å². The molecule has 2 fully saturated rings. The van der Waals surface area contributed by atoms with Gasteiger partial charge in [-0.15, -0.1) is 11.3 Å². The maximum Gasteiger partial charge on any atom is 0.218 e. The monoisotopic (exact) mass is 732 g/mol. The van der Waals surface area contributed by atoms with Crippen LogP contribution in [0.15, 0.2) is 54.7 Å². The van der Waals surface area contributed by atoms with E-state index in [2.05, 4.69) is 38.0 Å². The Hall–Kier alpha value is -3.35. The summed E-state index contributed by atoms with van der Waals surface area (Å²) >= 11 is 16.0. The lowest BCUT2D eigenvalue weighted by Crippen LogP contribution is -2.37. The summed E-state index contributed by atoms with van der Waals surface area (Å²) in [5.41, 5.74) is 6.95. The summed E-state index contributed by atoms with van der Waals surface area (Å²) in [5, 5.41) is 14.7. The van der Waals surface area contributed by atoms with Gasteiger partial charge in [0.2, 0.25) is 5.88 Å². The van der Waals surface area contributed by atoms with E-state index in [9.17, 15) is 0 Å². The van der Waals surface area contributed by atoms with E-state index in [4.69, 9.17) is 43.2 Å². The van der Waals surface area contributed by atoms with Crippen LogP contribution in [0.1, 0.15) is 48.7 Å². The van der Waals surface area contributed by atoms with Crippen molar-refractivity contribution in [1.29, 1.82) is 0 Å². The molecule has 0 radical (unpaired) electrons. The second-order valence-corrected chi connectivity index (χ2v) is 15.2. The van der Waals surface area contributed by atoms with Crippen molar-refractivity contribution in [2.45, 2.75) is 58.7 Å². The summed E-state index contributed by atoms with van der Waals surface area (Å²) in [6.07, 6.45) is 6.09. The number of rotatable bonds is 11. The first-order valence-electron chi connectivity index (χ1n) is 17.2. The fourth-order valence-corrected chi connectivity index (χ4v) is 8.76. The van der Waals surface area contributed by atoms with Crippen LogP contribution in [0.3, 0.4) is 0 Å². The minimum atomic E-state index is -0.142. The number of piperidine rings is 1. The van der Waals surface area contributed by atoms with Gasteiger partial charge in [0.1, 0.15) is 10.5 Å². The molecule has 2 saturated heterocycles. The number of ether oxygens (including phenoxy) is 1. The van der Waals surface area contributed by atoms with Crippen LogP contribution in [0.2, 0.25) is 10.0 Å². The number of aryl methyl sites for hydroxylation is 1. The Balaban J connectivity index is 1.13. The fourth-order valence-electron chi connectivity index (χ4n) is 7.15. The smallest absolute Gasteiger partial charge is 0.218 e. The number of hydrogen-bond acceptors (Lipinski definition) is 10. The quantitative estimate of drug-likeness (QED) is 0.102. The van der Waals surface area contributed by atoms with Crippen LogP contribution in [-0.2, 0) is 18.0 Å². The van der Waals surface area contributed by atoms with Crippen LogP contribution < -0.4 is 10.1 Å². The summed E-state index contributed by atoms with van der Waals surface area (Å²) in [6.45, 7) is 9.73. The Morgan fingerprint density at radius 1 is 0.940 bits per heavy atom. The van der Waals surface area contributed by atoms with E-state index >= 15 is 0 Å². The maximum absolute atomic E-state index is 9.07. The predicted octanol–water partition coefficient (Wildman–Crippen LogP) is 9.47. The van der Waals surface area contributed by atoms with Gasteiger partial charge in [0.15, 0.2) is 5.82 Å². The van der Waals surface area contributed by atoms with Gasteiger partial charge in [-0.2, -0.15) is 0 Å². The van der Waals surface area contributed by atoms with Crippen molar-refractivity contribution in [2.75, 3.05) is 38.6 Å². The molecule has 5 aromatic rings. The molecule has 50 heavy (non-hydrogen) atoms. The van der Waals surface area contributed by atoms with Gasteiger partial charge in [-0.1, -0.05) is 53.5 Å². The third-order valence-electron chi connectivity index (χ3n) is 10.1. The molecule has 7 rings (SSSR count). The molecule has 0 saturated carbocycles. The minimum Gasteiger partial charge on any atom is -0.481 e. The molecule has 3 aromatic heterocycles. The number of nitrogens with zero attached hydrogens (tertiary/aromatic N) is 5. The van der Waals surface area contributed by atoms with Gasteiger partial charge in [-0.25, -0.2) is 19.8 Å². The number of methoxy groups -OCH3 is 1. The number of pyridine rings is 2. The maximum atomic E-state index is 9.07. The molecule has 262 valence electrons. The van der Waals surface area contributed by atoms with Gasteiger partial charge < -0.3 is 10.1 Å². The lowest BCUT2D eigenvalue weighted by Gasteiger charge is -2.33. The number of hydrogen-bond donors (Lipinski definition) is 2. The Morgan fingerprint density at radius 3 is 2.38 bits per heavy atom. The van der Waals surface area contributed by atoms with Gasteiger partial charge in [-0.3, -0.25) is 15.1 Å². The minimum absolute atomic E-state index is 0.142. The summed E-state index contributed by atoms with van der Waals surface area (Å²) in [4.78, 5) is 24.0. The zero-order chi connectivity index (χ0) is 34.8. The lowest BCUT2D eigenvalue weighted by molar-refractivity contribution is -0.287. The van der Waals surface area contributed by atoms with E-state index in [0.29, 0.717) is 33.3 Å². The number of thiazole rings is 1. The molecular formula is C38H42Cl2N6O3S. The number of halogens is 2. The van der Waals surface area contributed by atoms with Crippen molar-refractivity contribution < 1.29 is 14.9 Å². The fraction of sp³-hybridized carbons (Fsp3) is 0.395. The average Bonchev–Trinajstić information content (AvgIpc) is 3.80. The number of aromatic nitrogens is 3. The van der Waals surface area contributed by atoms with E-state index in [1.165, 1.54) is 12.8 Å². The highest BCUT2D eigenvalue weighted by molar-refractivity contribution is 7.18. The van der Waals surface area contributed by atoms with Crippen molar-refractivity contribution in [3.8, 4) is 28.3 Å². The van der Waals surface area contributed by atoms with Gasteiger partial charge >= 0.3 is 0 Å². The Kier molecular flexibility index (Phi) is 10.9. The Morgan fingerprint density at radius 2 is 1.64 bits per heavy atom. The van der Waals surface area contributed by atoms with E-state index in [-0.39, 0.29) is 6.10 Å².